The highest BCUT2D eigenvalue weighted by atomic mass is 16.5. The molecule has 0 spiro atoms. The molecule has 6 nitrogen and oxygen atoms in total. The van der Waals surface area contributed by atoms with E-state index in [1.54, 1.807) is 19.2 Å². The largest absolute Gasteiger partial charge is 0.497 e. The minimum Gasteiger partial charge on any atom is -0.497 e. The summed E-state index contributed by atoms with van der Waals surface area (Å²) in [5.41, 5.74) is 1.42. The first-order valence-corrected chi connectivity index (χ1v) is 11.9. The number of carbonyl (C=O) groups excluding carboxylic acids is 2. The van der Waals surface area contributed by atoms with Crippen molar-refractivity contribution in [1.82, 2.24) is 5.32 Å². The van der Waals surface area contributed by atoms with Crippen LogP contribution in [0.3, 0.4) is 0 Å². The third kappa shape index (κ3) is 5.48. The van der Waals surface area contributed by atoms with Crippen molar-refractivity contribution in [3.05, 3.63) is 138 Å². The lowest BCUT2D eigenvalue weighted by Gasteiger charge is -2.39. The van der Waals surface area contributed by atoms with Crippen molar-refractivity contribution in [3.8, 4) is 5.75 Å². The van der Waals surface area contributed by atoms with Gasteiger partial charge in [0.15, 0.2) is 0 Å². The van der Waals surface area contributed by atoms with Crippen LogP contribution in [0.2, 0.25) is 0 Å². The van der Waals surface area contributed by atoms with Crippen molar-refractivity contribution in [1.29, 1.82) is 0 Å². The van der Waals surface area contributed by atoms with Gasteiger partial charge < -0.3 is 19.5 Å². The molecule has 0 aliphatic heterocycles. The predicted octanol–water partition coefficient (Wildman–Crippen LogP) is 5.82. The van der Waals surface area contributed by atoms with E-state index in [0.717, 1.165) is 5.56 Å². The number of methoxy groups -OCH3 is 2. The van der Waals surface area contributed by atoms with Crippen LogP contribution in [0.1, 0.15) is 28.3 Å². The molecule has 4 aromatic rings. The number of hydrogen-bond donors (Lipinski definition) is 1. The van der Waals surface area contributed by atoms with Crippen LogP contribution in [-0.4, -0.2) is 26.3 Å². The summed E-state index contributed by atoms with van der Waals surface area (Å²) >= 11 is 0. The first kappa shape index (κ1) is 25.5. The first-order chi connectivity index (χ1) is 18.1. The molecule has 6 heteroatoms. The van der Waals surface area contributed by atoms with Crippen LogP contribution >= 0.6 is 0 Å². The number of esters is 1. The van der Waals surface area contributed by atoms with E-state index in [-0.39, 0.29) is 6.61 Å². The van der Waals surface area contributed by atoms with E-state index in [0.29, 0.717) is 22.4 Å². The zero-order chi connectivity index (χ0) is 26.1. The van der Waals surface area contributed by atoms with Gasteiger partial charge in [-0.25, -0.2) is 4.79 Å². The molecule has 0 radical (unpaired) electrons. The Morgan fingerprint density at radius 3 is 1.84 bits per heavy atom. The number of rotatable bonds is 9. The zero-order valence-corrected chi connectivity index (χ0v) is 20.8. The number of ether oxygens (including phenoxy) is 3. The van der Waals surface area contributed by atoms with Gasteiger partial charge in [-0.1, -0.05) is 103 Å². The highest BCUT2D eigenvalue weighted by molar-refractivity contribution is 5.90. The molecule has 0 saturated carbocycles. The topological polar surface area (TPSA) is 73.9 Å². The first-order valence-electron chi connectivity index (χ1n) is 11.9. The molecule has 0 unspecified atom stereocenters. The minimum atomic E-state index is -1.44. The summed E-state index contributed by atoms with van der Waals surface area (Å²) in [6.45, 7) is 0.0906. The van der Waals surface area contributed by atoms with E-state index in [1.807, 2.05) is 103 Å². The third-order valence-electron chi connectivity index (χ3n) is 6.32. The molecule has 0 saturated heterocycles. The summed E-state index contributed by atoms with van der Waals surface area (Å²) in [6, 6.07) is 34.4. The molecule has 0 aliphatic carbocycles. The van der Waals surface area contributed by atoms with Crippen molar-refractivity contribution in [2.24, 2.45) is 0 Å². The van der Waals surface area contributed by atoms with Crippen molar-refractivity contribution in [3.63, 3.8) is 0 Å². The Hall–Kier alpha value is -4.58. The molecule has 2 atom stereocenters. The van der Waals surface area contributed by atoms with Crippen molar-refractivity contribution in [2.45, 2.75) is 18.1 Å². The van der Waals surface area contributed by atoms with Crippen LogP contribution in [-0.2, 0) is 26.3 Å². The van der Waals surface area contributed by atoms with Crippen molar-refractivity contribution >= 4 is 12.1 Å². The predicted molar refractivity (Wildman–Crippen MR) is 141 cm³/mol. The third-order valence-corrected chi connectivity index (χ3v) is 6.32. The second-order valence-corrected chi connectivity index (χ2v) is 8.44. The van der Waals surface area contributed by atoms with Gasteiger partial charge in [-0.05, 0) is 34.4 Å². The fourth-order valence-corrected chi connectivity index (χ4v) is 4.54. The van der Waals surface area contributed by atoms with Gasteiger partial charge in [-0.2, -0.15) is 0 Å². The van der Waals surface area contributed by atoms with E-state index in [1.165, 1.54) is 7.11 Å². The molecule has 1 amide bonds. The Morgan fingerprint density at radius 1 is 0.730 bits per heavy atom. The Labute approximate surface area is 216 Å². The second kappa shape index (κ2) is 11.9. The number of carbonyl (C=O) groups is 2. The van der Waals surface area contributed by atoms with E-state index >= 15 is 0 Å². The van der Waals surface area contributed by atoms with E-state index in [2.05, 4.69) is 5.32 Å². The lowest BCUT2D eigenvalue weighted by Crippen LogP contribution is -2.50. The normalized spacial score (nSPS) is 13.0. The van der Waals surface area contributed by atoms with Gasteiger partial charge in [0.2, 0.25) is 0 Å². The number of amides is 1. The molecule has 0 fully saturated rings. The number of nitrogens with one attached hydrogen (secondary N) is 1. The second-order valence-electron chi connectivity index (χ2n) is 8.44. The van der Waals surface area contributed by atoms with E-state index < -0.39 is 23.5 Å². The Bertz CT molecular complexity index is 1290. The molecule has 4 rings (SSSR count). The molecule has 4 aromatic carbocycles. The van der Waals surface area contributed by atoms with Crippen LogP contribution in [0.15, 0.2) is 115 Å². The van der Waals surface area contributed by atoms with Crippen LogP contribution < -0.4 is 10.1 Å². The SMILES string of the molecule is COC(=O)[C@](c1ccccc1)(c1ccc(OC)cc1)[C@@H](NC(=O)OCc1ccccc1)c1ccccc1. The fourth-order valence-electron chi connectivity index (χ4n) is 4.54. The quantitative estimate of drug-likeness (QED) is 0.296. The Kier molecular flexibility index (Phi) is 8.21. The molecule has 0 aliphatic rings. The van der Waals surface area contributed by atoms with Crippen LogP contribution in [0.25, 0.3) is 0 Å². The van der Waals surface area contributed by atoms with Gasteiger partial charge >= 0.3 is 12.1 Å². The summed E-state index contributed by atoms with van der Waals surface area (Å²) < 4.78 is 16.4. The number of hydrogen-bond acceptors (Lipinski definition) is 5. The lowest BCUT2D eigenvalue weighted by atomic mass is 9.67. The fraction of sp³-hybridized carbons (Fsp3) is 0.161. The standard InChI is InChI=1S/C31H29NO5/c1-35-27-20-18-26(19-21-27)31(29(33)36-2,25-16-10-5-11-17-25)28(24-14-8-4-9-15-24)32-30(34)37-22-23-12-6-3-7-13-23/h3-21,28H,22H2,1-2H3,(H,32,34)/t28-,31+/m0/s1. The van der Waals surface area contributed by atoms with Crippen LogP contribution in [0.5, 0.6) is 5.75 Å². The summed E-state index contributed by atoms with van der Waals surface area (Å²) in [5.74, 6) is 0.114. The minimum absolute atomic E-state index is 0.0906. The maximum atomic E-state index is 13.9. The summed E-state index contributed by atoms with van der Waals surface area (Å²) in [6.07, 6.45) is -0.657. The van der Waals surface area contributed by atoms with Gasteiger partial charge in [0.1, 0.15) is 17.8 Å². The molecular formula is C31H29NO5. The average molecular weight is 496 g/mol. The molecule has 0 heterocycles. The average Bonchev–Trinajstić information content (AvgIpc) is 2.97. The highest BCUT2D eigenvalue weighted by Crippen LogP contribution is 2.45. The van der Waals surface area contributed by atoms with Gasteiger partial charge in [0.05, 0.1) is 20.3 Å². The molecule has 0 bridgehead atoms. The van der Waals surface area contributed by atoms with Gasteiger partial charge in [-0.15, -0.1) is 0 Å². The maximum Gasteiger partial charge on any atom is 0.408 e. The summed E-state index contributed by atoms with van der Waals surface area (Å²) in [7, 11) is 2.93. The number of alkyl carbamates (subject to hydrolysis) is 1. The molecular weight excluding hydrogens is 466 g/mol. The Morgan fingerprint density at radius 2 is 1.27 bits per heavy atom. The van der Waals surface area contributed by atoms with Crippen LogP contribution in [0, 0.1) is 0 Å². The van der Waals surface area contributed by atoms with E-state index in [9.17, 15) is 9.59 Å². The monoisotopic (exact) mass is 495 g/mol. The Balaban J connectivity index is 1.86. The van der Waals surface area contributed by atoms with Gasteiger partial charge in [0.25, 0.3) is 0 Å². The van der Waals surface area contributed by atoms with Gasteiger partial charge in [0, 0.05) is 0 Å². The van der Waals surface area contributed by atoms with Crippen LogP contribution in [0.4, 0.5) is 4.79 Å². The maximum absolute atomic E-state index is 13.9. The number of benzene rings is 4. The van der Waals surface area contributed by atoms with Crippen molar-refractivity contribution in [2.75, 3.05) is 14.2 Å². The molecule has 0 aromatic heterocycles. The highest BCUT2D eigenvalue weighted by Gasteiger charge is 2.51. The van der Waals surface area contributed by atoms with Gasteiger partial charge in [-0.3, -0.25) is 4.79 Å². The van der Waals surface area contributed by atoms with Crippen molar-refractivity contribution < 1.29 is 23.8 Å². The molecule has 1 N–H and O–H groups in total. The lowest BCUT2D eigenvalue weighted by molar-refractivity contribution is -0.147. The van der Waals surface area contributed by atoms with E-state index in [4.69, 9.17) is 14.2 Å². The summed E-state index contributed by atoms with van der Waals surface area (Å²) in [5, 5.41) is 2.99. The smallest absolute Gasteiger partial charge is 0.408 e. The molecule has 188 valence electrons. The zero-order valence-electron chi connectivity index (χ0n) is 20.8. The summed E-state index contributed by atoms with van der Waals surface area (Å²) in [4.78, 5) is 27.1. The molecule has 37 heavy (non-hydrogen) atoms.